The Morgan fingerprint density at radius 3 is 2.71 bits per heavy atom. The molecule has 14 heavy (non-hydrogen) atoms. The van der Waals surface area contributed by atoms with Crippen LogP contribution in [0.2, 0.25) is 0 Å². The predicted molar refractivity (Wildman–Crippen MR) is 53.1 cm³/mol. The standard InChI is InChI=1S/C11H16O3/c1-11(2,3)14-8-10(12)6-9-4-5-13-7-9/h4-5,7H,6,8H2,1-3H3. The molecule has 0 aliphatic heterocycles. The fourth-order valence-corrected chi connectivity index (χ4v) is 0.969. The lowest BCUT2D eigenvalue weighted by Gasteiger charge is -2.18. The van der Waals surface area contributed by atoms with Gasteiger partial charge in [0, 0.05) is 6.42 Å². The minimum absolute atomic E-state index is 0.0707. The SMILES string of the molecule is CC(C)(C)OCC(=O)Cc1ccoc1. The van der Waals surface area contributed by atoms with Crippen LogP contribution in [0.5, 0.6) is 0 Å². The Labute approximate surface area is 84.1 Å². The monoisotopic (exact) mass is 196 g/mol. The molecule has 0 saturated carbocycles. The van der Waals surface area contributed by atoms with Crippen molar-refractivity contribution in [3.8, 4) is 0 Å². The summed E-state index contributed by atoms with van der Waals surface area (Å²) in [5, 5.41) is 0. The van der Waals surface area contributed by atoms with Gasteiger partial charge in [-0.25, -0.2) is 0 Å². The molecule has 0 aliphatic rings. The molecule has 3 nitrogen and oxygen atoms in total. The number of rotatable bonds is 4. The number of furan rings is 1. The highest BCUT2D eigenvalue weighted by Gasteiger charge is 2.13. The smallest absolute Gasteiger partial charge is 0.162 e. The maximum absolute atomic E-state index is 11.4. The van der Waals surface area contributed by atoms with Crippen molar-refractivity contribution in [3.63, 3.8) is 0 Å². The fourth-order valence-electron chi connectivity index (χ4n) is 0.969. The zero-order valence-electron chi connectivity index (χ0n) is 8.87. The van der Waals surface area contributed by atoms with Gasteiger partial charge in [0.25, 0.3) is 0 Å². The number of hydrogen-bond donors (Lipinski definition) is 0. The normalized spacial score (nSPS) is 11.6. The topological polar surface area (TPSA) is 39.4 Å². The predicted octanol–water partition coefficient (Wildman–Crippen LogP) is 2.21. The average molecular weight is 196 g/mol. The second-order valence-corrected chi connectivity index (χ2v) is 4.25. The number of hydrogen-bond acceptors (Lipinski definition) is 3. The number of Topliss-reactive ketones (excluding diaryl/α,β-unsaturated/α-hetero) is 1. The zero-order chi connectivity index (χ0) is 10.6. The Hall–Kier alpha value is -1.09. The number of ketones is 1. The van der Waals surface area contributed by atoms with Gasteiger partial charge in [-0.05, 0) is 32.4 Å². The summed E-state index contributed by atoms with van der Waals surface area (Å²) in [5.41, 5.74) is 0.638. The molecule has 78 valence electrons. The van der Waals surface area contributed by atoms with E-state index in [0.717, 1.165) is 5.56 Å². The quantitative estimate of drug-likeness (QED) is 0.741. The van der Waals surface area contributed by atoms with Crippen LogP contribution < -0.4 is 0 Å². The van der Waals surface area contributed by atoms with Crippen molar-refractivity contribution < 1.29 is 13.9 Å². The van der Waals surface area contributed by atoms with Crippen LogP contribution in [0.25, 0.3) is 0 Å². The second-order valence-electron chi connectivity index (χ2n) is 4.25. The largest absolute Gasteiger partial charge is 0.472 e. The van der Waals surface area contributed by atoms with Crippen LogP contribution in [0.15, 0.2) is 23.0 Å². The molecule has 0 aromatic carbocycles. The molecule has 0 spiro atoms. The highest BCUT2D eigenvalue weighted by atomic mass is 16.5. The summed E-state index contributed by atoms with van der Waals surface area (Å²) >= 11 is 0. The van der Waals surface area contributed by atoms with E-state index in [0.29, 0.717) is 6.42 Å². The Balaban J connectivity index is 2.30. The van der Waals surface area contributed by atoms with E-state index in [2.05, 4.69) is 0 Å². The van der Waals surface area contributed by atoms with Gasteiger partial charge in [-0.1, -0.05) is 0 Å². The van der Waals surface area contributed by atoms with Gasteiger partial charge in [-0.3, -0.25) is 4.79 Å². The molecule has 0 atom stereocenters. The van der Waals surface area contributed by atoms with Gasteiger partial charge < -0.3 is 9.15 Å². The molecule has 0 unspecified atom stereocenters. The molecular formula is C11H16O3. The van der Waals surface area contributed by atoms with E-state index < -0.39 is 0 Å². The second kappa shape index (κ2) is 4.42. The molecule has 1 heterocycles. The highest BCUT2D eigenvalue weighted by Crippen LogP contribution is 2.07. The molecule has 1 rings (SSSR count). The molecule has 0 fully saturated rings. The molecule has 0 radical (unpaired) electrons. The van der Waals surface area contributed by atoms with E-state index in [1.54, 1.807) is 18.6 Å². The van der Waals surface area contributed by atoms with Crippen molar-refractivity contribution in [1.29, 1.82) is 0 Å². The molecule has 3 heteroatoms. The average Bonchev–Trinajstić information content (AvgIpc) is 2.52. The van der Waals surface area contributed by atoms with Gasteiger partial charge in [-0.15, -0.1) is 0 Å². The van der Waals surface area contributed by atoms with Gasteiger partial charge in [0.2, 0.25) is 0 Å². The molecular weight excluding hydrogens is 180 g/mol. The summed E-state index contributed by atoms with van der Waals surface area (Å²) in [6, 6.07) is 1.79. The Kier molecular flexibility index (Phi) is 3.47. The third-order valence-electron chi connectivity index (χ3n) is 1.65. The zero-order valence-corrected chi connectivity index (χ0v) is 8.87. The number of carbonyl (C=O) groups excluding carboxylic acids is 1. The third kappa shape index (κ3) is 4.23. The lowest BCUT2D eigenvalue weighted by molar-refractivity contribution is -0.127. The van der Waals surface area contributed by atoms with Crippen molar-refractivity contribution >= 4 is 5.78 Å². The van der Waals surface area contributed by atoms with E-state index in [-0.39, 0.29) is 18.0 Å². The van der Waals surface area contributed by atoms with Crippen LogP contribution >= 0.6 is 0 Å². The van der Waals surface area contributed by atoms with Crippen molar-refractivity contribution in [1.82, 2.24) is 0 Å². The van der Waals surface area contributed by atoms with Gasteiger partial charge in [-0.2, -0.15) is 0 Å². The van der Waals surface area contributed by atoms with Gasteiger partial charge in [0.15, 0.2) is 5.78 Å². The molecule has 0 amide bonds. The van der Waals surface area contributed by atoms with E-state index in [4.69, 9.17) is 9.15 Å². The van der Waals surface area contributed by atoms with Crippen LogP contribution in [0.1, 0.15) is 26.3 Å². The molecule has 0 aliphatic carbocycles. The maximum Gasteiger partial charge on any atom is 0.162 e. The Morgan fingerprint density at radius 2 is 2.21 bits per heavy atom. The summed E-state index contributed by atoms with van der Waals surface area (Å²) in [5.74, 6) is 0.0707. The molecule has 1 aromatic heterocycles. The minimum Gasteiger partial charge on any atom is -0.472 e. The molecule has 0 bridgehead atoms. The van der Waals surface area contributed by atoms with Crippen LogP contribution in [-0.4, -0.2) is 18.0 Å². The van der Waals surface area contributed by atoms with E-state index in [1.807, 2.05) is 20.8 Å². The van der Waals surface area contributed by atoms with Crippen LogP contribution in [0.3, 0.4) is 0 Å². The van der Waals surface area contributed by atoms with Crippen molar-refractivity contribution in [2.24, 2.45) is 0 Å². The van der Waals surface area contributed by atoms with Crippen molar-refractivity contribution in [2.75, 3.05) is 6.61 Å². The van der Waals surface area contributed by atoms with E-state index in [1.165, 1.54) is 0 Å². The van der Waals surface area contributed by atoms with Gasteiger partial charge in [0.05, 0.1) is 18.1 Å². The molecule has 1 aromatic rings. The fraction of sp³-hybridized carbons (Fsp3) is 0.545. The van der Waals surface area contributed by atoms with Crippen LogP contribution in [0, 0.1) is 0 Å². The van der Waals surface area contributed by atoms with Crippen LogP contribution in [0.4, 0.5) is 0 Å². The maximum atomic E-state index is 11.4. The molecule has 0 saturated heterocycles. The summed E-state index contributed by atoms with van der Waals surface area (Å²) < 4.78 is 10.2. The first-order valence-electron chi connectivity index (χ1n) is 4.64. The highest BCUT2D eigenvalue weighted by molar-refractivity contribution is 5.81. The Bertz CT molecular complexity index is 280. The van der Waals surface area contributed by atoms with Gasteiger partial charge in [0.1, 0.15) is 6.61 Å². The summed E-state index contributed by atoms with van der Waals surface area (Å²) in [6.45, 7) is 5.95. The first-order valence-corrected chi connectivity index (χ1v) is 4.64. The summed E-state index contributed by atoms with van der Waals surface area (Å²) in [7, 11) is 0. The van der Waals surface area contributed by atoms with E-state index in [9.17, 15) is 4.79 Å². The third-order valence-corrected chi connectivity index (χ3v) is 1.65. The summed E-state index contributed by atoms with van der Waals surface area (Å²) in [6.07, 6.45) is 3.52. The lowest BCUT2D eigenvalue weighted by atomic mass is 10.1. The number of carbonyl (C=O) groups is 1. The lowest BCUT2D eigenvalue weighted by Crippen LogP contribution is -2.24. The van der Waals surface area contributed by atoms with Crippen molar-refractivity contribution in [3.05, 3.63) is 24.2 Å². The van der Waals surface area contributed by atoms with Crippen LogP contribution in [-0.2, 0) is 16.0 Å². The first-order chi connectivity index (χ1) is 6.47. The Morgan fingerprint density at radius 1 is 1.50 bits per heavy atom. The number of ether oxygens (including phenoxy) is 1. The minimum atomic E-state index is -0.258. The van der Waals surface area contributed by atoms with Gasteiger partial charge >= 0.3 is 0 Å². The molecule has 0 N–H and O–H groups in total. The van der Waals surface area contributed by atoms with E-state index >= 15 is 0 Å². The van der Waals surface area contributed by atoms with Crippen molar-refractivity contribution in [2.45, 2.75) is 32.8 Å². The summed E-state index contributed by atoms with van der Waals surface area (Å²) in [4.78, 5) is 11.4. The first kappa shape index (κ1) is 11.0.